The van der Waals surface area contributed by atoms with Crippen molar-refractivity contribution in [3.63, 3.8) is 0 Å². The number of hydrogen-bond donors (Lipinski definition) is 0. The third-order valence-electron chi connectivity index (χ3n) is 2.53. The van der Waals surface area contributed by atoms with E-state index >= 15 is 0 Å². The maximum absolute atomic E-state index is 11.7. The smallest absolute Gasteiger partial charge is 0.340 e. The molecule has 1 aromatic rings. The Morgan fingerprint density at radius 2 is 2.20 bits per heavy atom. The third kappa shape index (κ3) is 4.79. The highest BCUT2D eigenvalue weighted by molar-refractivity contribution is 6.32. The number of benzene rings is 1. The highest BCUT2D eigenvalue weighted by Gasteiger charge is 2.18. The van der Waals surface area contributed by atoms with Crippen molar-refractivity contribution in [3.05, 3.63) is 33.3 Å². The van der Waals surface area contributed by atoms with Crippen LogP contribution in [0.25, 0.3) is 0 Å². The number of unbranched alkanes of at least 4 members (excludes halogenated alkanes) is 1. The first kappa shape index (κ1) is 16.4. The number of carbonyl (C=O) groups excluding carboxylic acids is 1. The molecule has 110 valence electrons. The Morgan fingerprint density at radius 1 is 1.50 bits per heavy atom. The topological polar surface area (TPSA) is 78.7 Å². The van der Waals surface area contributed by atoms with E-state index in [1.165, 1.54) is 18.2 Å². The van der Waals surface area contributed by atoms with Gasteiger partial charge in [-0.2, -0.15) is 0 Å². The lowest BCUT2D eigenvalue weighted by Crippen LogP contribution is -2.26. The molecule has 1 rings (SSSR count). The molecular formula is C13H16ClNO5. The average molecular weight is 302 g/mol. The lowest BCUT2D eigenvalue weighted by atomic mass is 10.3. The normalized spacial score (nSPS) is 11.9. The van der Waals surface area contributed by atoms with Gasteiger partial charge in [-0.3, -0.25) is 10.1 Å². The average Bonchev–Trinajstić information content (AvgIpc) is 2.38. The van der Waals surface area contributed by atoms with Gasteiger partial charge < -0.3 is 9.47 Å². The highest BCUT2D eigenvalue weighted by atomic mass is 35.5. The minimum Gasteiger partial charge on any atom is -0.425 e. The number of nitro groups is 1. The van der Waals surface area contributed by atoms with Crippen LogP contribution in [0.4, 0.5) is 5.69 Å². The largest absolute Gasteiger partial charge is 0.425 e. The predicted octanol–water partition coefficient (Wildman–Crippen LogP) is 3.36. The number of ether oxygens (including phenoxy) is 2. The molecule has 1 atom stereocenters. The summed E-state index contributed by atoms with van der Waals surface area (Å²) >= 11 is 5.73. The highest BCUT2D eigenvalue weighted by Crippen LogP contribution is 2.28. The molecule has 0 spiro atoms. The number of carbonyl (C=O) groups is 1. The van der Waals surface area contributed by atoms with Crippen LogP contribution < -0.4 is 4.74 Å². The summed E-state index contributed by atoms with van der Waals surface area (Å²) in [5.74, 6) is -0.414. The molecule has 0 fully saturated rings. The van der Waals surface area contributed by atoms with Gasteiger partial charge >= 0.3 is 5.97 Å². The number of halogens is 1. The minimum atomic E-state index is -0.699. The van der Waals surface area contributed by atoms with Gasteiger partial charge in [0.1, 0.15) is 10.8 Å². The van der Waals surface area contributed by atoms with Crippen LogP contribution in [0, 0.1) is 10.1 Å². The van der Waals surface area contributed by atoms with Gasteiger partial charge in [0.15, 0.2) is 6.10 Å². The van der Waals surface area contributed by atoms with E-state index in [4.69, 9.17) is 21.1 Å². The van der Waals surface area contributed by atoms with Crippen LogP contribution in [0.2, 0.25) is 5.02 Å². The fourth-order valence-corrected chi connectivity index (χ4v) is 1.61. The summed E-state index contributed by atoms with van der Waals surface area (Å²) in [4.78, 5) is 21.7. The molecule has 0 amide bonds. The number of nitrogens with zero attached hydrogens (tertiary/aromatic N) is 1. The molecule has 7 heteroatoms. The van der Waals surface area contributed by atoms with Gasteiger partial charge in [-0.25, -0.2) is 4.79 Å². The van der Waals surface area contributed by atoms with Crippen molar-refractivity contribution in [2.45, 2.75) is 32.8 Å². The first-order valence-corrected chi connectivity index (χ1v) is 6.60. The zero-order valence-electron chi connectivity index (χ0n) is 11.3. The zero-order chi connectivity index (χ0) is 15.1. The van der Waals surface area contributed by atoms with E-state index in [2.05, 4.69) is 0 Å². The second kappa shape index (κ2) is 7.81. The number of esters is 1. The predicted molar refractivity (Wildman–Crippen MR) is 74.1 cm³/mol. The van der Waals surface area contributed by atoms with E-state index in [0.29, 0.717) is 6.61 Å². The molecule has 20 heavy (non-hydrogen) atoms. The molecule has 0 aromatic heterocycles. The summed E-state index contributed by atoms with van der Waals surface area (Å²) in [6.45, 7) is 4.09. The van der Waals surface area contributed by atoms with E-state index in [-0.39, 0.29) is 16.5 Å². The Bertz CT molecular complexity index is 492. The van der Waals surface area contributed by atoms with Crippen LogP contribution in [0.3, 0.4) is 0 Å². The molecule has 0 heterocycles. The van der Waals surface area contributed by atoms with E-state index in [0.717, 1.165) is 12.8 Å². The van der Waals surface area contributed by atoms with Gasteiger partial charge in [0.25, 0.3) is 5.69 Å². The first-order valence-electron chi connectivity index (χ1n) is 6.23. The van der Waals surface area contributed by atoms with E-state index in [9.17, 15) is 14.9 Å². The lowest BCUT2D eigenvalue weighted by molar-refractivity contribution is -0.384. The zero-order valence-corrected chi connectivity index (χ0v) is 12.1. The summed E-state index contributed by atoms with van der Waals surface area (Å²) in [5, 5.41) is 10.5. The van der Waals surface area contributed by atoms with E-state index in [1.807, 2.05) is 6.92 Å². The van der Waals surface area contributed by atoms with Crippen LogP contribution in [0.1, 0.15) is 26.7 Å². The standard InChI is InChI=1S/C13H16ClNO5/c1-3-4-7-19-9(2)13(16)20-10-5-6-12(15(17)18)11(14)8-10/h5-6,8-9H,3-4,7H2,1-2H3. The van der Waals surface area contributed by atoms with Crippen molar-refractivity contribution in [1.82, 2.24) is 0 Å². The third-order valence-corrected chi connectivity index (χ3v) is 2.83. The molecule has 6 nitrogen and oxygen atoms in total. The lowest BCUT2D eigenvalue weighted by Gasteiger charge is -2.12. The Balaban J connectivity index is 2.62. The van der Waals surface area contributed by atoms with Gasteiger partial charge in [-0.05, 0) is 19.4 Å². The van der Waals surface area contributed by atoms with Crippen LogP contribution in [-0.4, -0.2) is 23.6 Å². The van der Waals surface area contributed by atoms with Gasteiger partial charge in [0.2, 0.25) is 0 Å². The molecule has 0 saturated carbocycles. The SMILES string of the molecule is CCCCOC(C)C(=O)Oc1ccc([N+](=O)[O-])c(Cl)c1. The summed E-state index contributed by atoms with van der Waals surface area (Å²) in [5.41, 5.74) is -0.237. The molecule has 0 aliphatic rings. The van der Waals surface area contributed by atoms with E-state index < -0.39 is 17.0 Å². The van der Waals surface area contributed by atoms with Crippen LogP contribution >= 0.6 is 11.6 Å². The molecule has 0 aliphatic carbocycles. The number of hydrogen-bond acceptors (Lipinski definition) is 5. The van der Waals surface area contributed by atoms with Crippen LogP contribution in [0.5, 0.6) is 5.75 Å². The fraction of sp³-hybridized carbons (Fsp3) is 0.462. The Kier molecular flexibility index (Phi) is 6.41. The second-order valence-electron chi connectivity index (χ2n) is 4.16. The molecule has 0 N–H and O–H groups in total. The van der Waals surface area contributed by atoms with Gasteiger partial charge in [0, 0.05) is 18.7 Å². The molecule has 0 aliphatic heterocycles. The first-order chi connectivity index (χ1) is 9.45. The van der Waals surface area contributed by atoms with Gasteiger partial charge in [-0.15, -0.1) is 0 Å². The molecule has 1 aromatic carbocycles. The molecule has 0 saturated heterocycles. The van der Waals surface area contributed by atoms with Crippen LogP contribution in [0.15, 0.2) is 18.2 Å². The van der Waals surface area contributed by atoms with Crippen molar-refractivity contribution in [1.29, 1.82) is 0 Å². The molecule has 0 radical (unpaired) electrons. The fourth-order valence-electron chi connectivity index (χ4n) is 1.37. The molecular weight excluding hydrogens is 286 g/mol. The number of nitro benzene ring substituents is 1. The summed E-state index contributed by atoms with van der Waals surface area (Å²) in [6, 6.07) is 3.74. The Morgan fingerprint density at radius 3 is 2.75 bits per heavy atom. The van der Waals surface area contributed by atoms with Crippen molar-refractivity contribution < 1.29 is 19.2 Å². The van der Waals surface area contributed by atoms with Crippen molar-refractivity contribution in [2.24, 2.45) is 0 Å². The van der Waals surface area contributed by atoms with Gasteiger partial charge in [0.05, 0.1) is 4.92 Å². The maximum Gasteiger partial charge on any atom is 0.340 e. The number of rotatable bonds is 7. The Labute approximate surface area is 121 Å². The monoisotopic (exact) mass is 301 g/mol. The summed E-state index contributed by atoms with van der Waals surface area (Å²) in [7, 11) is 0. The van der Waals surface area contributed by atoms with Crippen LogP contribution in [-0.2, 0) is 9.53 Å². The second-order valence-corrected chi connectivity index (χ2v) is 4.57. The summed E-state index contributed by atoms with van der Waals surface area (Å²) < 4.78 is 10.3. The summed E-state index contributed by atoms with van der Waals surface area (Å²) in [6.07, 6.45) is 1.14. The molecule has 1 unspecified atom stereocenters. The molecule has 0 bridgehead atoms. The van der Waals surface area contributed by atoms with Crippen molar-refractivity contribution in [2.75, 3.05) is 6.61 Å². The van der Waals surface area contributed by atoms with E-state index in [1.54, 1.807) is 6.92 Å². The minimum absolute atomic E-state index is 0.0835. The maximum atomic E-state index is 11.7. The van der Waals surface area contributed by atoms with Crippen molar-refractivity contribution >= 4 is 23.3 Å². The quantitative estimate of drug-likeness (QED) is 0.254. The Hall–Kier alpha value is -1.66. The van der Waals surface area contributed by atoms with Crippen molar-refractivity contribution in [3.8, 4) is 5.75 Å². The van der Waals surface area contributed by atoms with Gasteiger partial charge in [-0.1, -0.05) is 24.9 Å².